The molecule has 0 bridgehead atoms. The van der Waals surface area contributed by atoms with E-state index in [0.29, 0.717) is 24.3 Å². The van der Waals surface area contributed by atoms with Gasteiger partial charge >= 0.3 is 6.18 Å². The Morgan fingerprint density at radius 1 is 0.844 bits per heavy atom. The van der Waals surface area contributed by atoms with Crippen LogP contribution in [0.3, 0.4) is 0 Å². The minimum Gasteiger partial charge on any atom is -0.369 e. The minimum atomic E-state index is -4.54. The standard InChI is InChI=1S/C32H38F3N9O/c1-22-4-5-23(31(45)37-26-16-25(32(33,34)35)17-27(18-26)42-10-6-40(2)7-11-42)15-30(22)44-21-29(38-39-44)24-14-28(20-36-19-24)43-12-8-41(3)9-13-43/h4-5,14-21,38-39H,6-13H2,1-3H3,(H,37,45). The molecule has 0 aliphatic carbocycles. The van der Waals surface area contributed by atoms with Gasteiger partial charge in [-0.05, 0) is 63.0 Å². The molecule has 6 rings (SSSR count). The second-order valence-electron chi connectivity index (χ2n) is 11.9. The Balaban J connectivity index is 1.20. The average molecular weight is 622 g/mol. The van der Waals surface area contributed by atoms with Crippen molar-refractivity contribution in [3.05, 3.63) is 83.3 Å². The predicted octanol–water partition coefficient (Wildman–Crippen LogP) is 3.99. The number of carbonyl (C=O) groups is 1. The van der Waals surface area contributed by atoms with Gasteiger partial charge in [0.05, 0.1) is 28.8 Å². The van der Waals surface area contributed by atoms with E-state index in [-0.39, 0.29) is 5.69 Å². The Kier molecular flexibility index (Phi) is 8.58. The summed E-state index contributed by atoms with van der Waals surface area (Å²) >= 11 is 0. The second-order valence-corrected chi connectivity index (χ2v) is 11.9. The first-order valence-electron chi connectivity index (χ1n) is 15.0. The highest BCUT2D eigenvalue weighted by molar-refractivity contribution is 6.05. The third kappa shape index (κ3) is 7.00. The van der Waals surface area contributed by atoms with Gasteiger partial charge in [0, 0.05) is 87.3 Å². The van der Waals surface area contributed by atoms with Crippen LogP contribution < -0.4 is 31.1 Å². The summed E-state index contributed by atoms with van der Waals surface area (Å²) in [6.07, 6.45) is 1.02. The van der Waals surface area contributed by atoms with Crippen LogP contribution in [0.2, 0.25) is 0 Å². The second kappa shape index (κ2) is 12.6. The molecule has 13 heteroatoms. The number of amides is 1. The van der Waals surface area contributed by atoms with E-state index in [1.54, 1.807) is 29.4 Å². The Morgan fingerprint density at radius 2 is 1.51 bits per heavy atom. The highest BCUT2D eigenvalue weighted by Crippen LogP contribution is 2.35. The molecule has 45 heavy (non-hydrogen) atoms. The first-order chi connectivity index (χ1) is 21.5. The molecule has 0 spiro atoms. The van der Waals surface area contributed by atoms with Crippen LogP contribution >= 0.6 is 0 Å². The number of alkyl halides is 3. The number of carbonyl (C=O) groups excluding carboxylic acids is 1. The number of aryl methyl sites for hydroxylation is 1. The van der Waals surface area contributed by atoms with Gasteiger partial charge in [0.25, 0.3) is 5.91 Å². The van der Waals surface area contributed by atoms with Crippen molar-refractivity contribution in [1.29, 1.82) is 0 Å². The summed E-state index contributed by atoms with van der Waals surface area (Å²) in [5.74, 6) is -0.500. The fourth-order valence-electron chi connectivity index (χ4n) is 5.71. The van der Waals surface area contributed by atoms with Gasteiger partial charge in [-0.15, -0.1) is 5.53 Å². The first kappa shape index (κ1) is 30.7. The molecule has 0 unspecified atom stereocenters. The predicted molar refractivity (Wildman–Crippen MR) is 171 cm³/mol. The Hall–Kier alpha value is -4.33. The number of likely N-dealkylation sites (N-methyl/N-ethyl adjacent to an activating group) is 2. The number of halogens is 3. The van der Waals surface area contributed by atoms with E-state index < -0.39 is 17.6 Å². The van der Waals surface area contributed by atoms with Crippen LogP contribution in [0.5, 0.6) is 0 Å². The van der Waals surface area contributed by atoms with Crippen molar-refractivity contribution in [3.8, 4) is 0 Å². The maximum Gasteiger partial charge on any atom is 0.416 e. The highest BCUT2D eigenvalue weighted by Gasteiger charge is 2.32. The van der Waals surface area contributed by atoms with Crippen molar-refractivity contribution in [2.24, 2.45) is 0 Å². The van der Waals surface area contributed by atoms with Crippen LogP contribution in [0.15, 0.2) is 61.1 Å². The summed E-state index contributed by atoms with van der Waals surface area (Å²) in [7, 11) is 4.11. The largest absolute Gasteiger partial charge is 0.416 e. The topological polar surface area (TPSA) is 82.3 Å². The highest BCUT2D eigenvalue weighted by atomic mass is 19.4. The van der Waals surface area contributed by atoms with E-state index in [9.17, 15) is 18.0 Å². The SMILES string of the molecule is Cc1ccc(C(=O)Nc2cc(N3CCN(C)CC3)cc(C(F)(F)F)c2)cc1N1C=C(c2cncc(N3CCN(C)CC3)c2)NN1. The molecule has 238 valence electrons. The Morgan fingerprint density at radius 3 is 2.18 bits per heavy atom. The molecule has 3 aliphatic rings. The number of benzene rings is 2. The van der Waals surface area contributed by atoms with Crippen LogP contribution in [0.25, 0.3) is 5.70 Å². The number of hydrogen-bond acceptors (Lipinski definition) is 9. The Bertz CT molecular complexity index is 1580. The van der Waals surface area contributed by atoms with Gasteiger partial charge in [-0.2, -0.15) is 13.2 Å². The minimum absolute atomic E-state index is 0.0988. The van der Waals surface area contributed by atoms with Crippen molar-refractivity contribution in [1.82, 2.24) is 25.7 Å². The van der Waals surface area contributed by atoms with Crippen LogP contribution in [0.4, 0.5) is 35.9 Å². The number of hydrogen-bond donors (Lipinski definition) is 3. The third-order valence-electron chi connectivity index (χ3n) is 8.57. The Labute approximate surface area is 261 Å². The van der Waals surface area contributed by atoms with Crippen molar-refractivity contribution < 1.29 is 18.0 Å². The summed E-state index contributed by atoms with van der Waals surface area (Å²) in [5, 5.41) is 4.49. The van der Waals surface area contributed by atoms with Crippen molar-refractivity contribution in [3.63, 3.8) is 0 Å². The summed E-state index contributed by atoms with van der Waals surface area (Å²) in [4.78, 5) is 26.5. The van der Waals surface area contributed by atoms with Gasteiger partial charge in [-0.25, -0.2) is 0 Å². The van der Waals surface area contributed by atoms with Crippen molar-refractivity contribution >= 4 is 34.4 Å². The number of nitrogens with one attached hydrogen (secondary N) is 3. The van der Waals surface area contributed by atoms with Crippen molar-refractivity contribution in [2.45, 2.75) is 13.1 Å². The molecule has 2 fully saturated rings. The number of anilines is 4. The van der Waals surface area contributed by atoms with E-state index >= 15 is 0 Å². The lowest BCUT2D eigenvalue weighted by Gasteiger charge is -2.34. The van der Waals surface area contributed by atoms with E-state index in [4.69, 9.17) is 0 Å². The molecule has 0 radical (unpaired) electrons. The zero-order valence-corrected chi connectivity index (χ0v) is 25.7. The first-order valence-corrected chi connectivity index (χ1v) is 15.0. The molecule has 4 heterocycles. The summed E-state index contributed by atoms with van der Waals surface area (Å²) in [6, 6.07) is 11.0. The number of rotatable bonds is 6. The molecular formula is C32H38F3N9O. The monoisotopic (exact) mass is 621 g/mol. The number of nitrogens with zero attached hydrogens (tertiary/aromatic N) is 6. The molecule has 1 amide bonds. The molecule has 2 aromatic carbocycles. The van der Waals surface area contributed by atoms with Crippen molar-refractivity contribution in [2.75, 3.05) is 86.6 Å². The average Bonchev–Trinajstić information content (AvgIpc) is 3.52. The lowest BCUT2D eigenvalue weighted by molar-refractivity contribution is -0.137. The number of aromatic nitrogens is 1. The maximum absolute atomic E-state index is 13.8. The molecule has 0 saturated carbocycles. The lowest BCUT2D eigenvalue weighted by Crippen LogP contribution is -2.44. The number of pyridine rings is 1. The molecule has 2 saturated heterocycles. The van der Waals surface area contributed by atoms with E-state index in [0.717, 1.165) is 79.6 Å². The van der Waals surface area contributed by atoms with Gasteiger partial charge in [0.2, 0.25) is 0 Å². The summed E-state index contributed by atoms with van der Waals surface area (Å²) in [5.41, 5.74) is 10.8. The van der Waals surface area contributed by atoms with Gasteiger partial charge in [0.15, 0.2) is 0 Å². The van der Waals surface area contributed by atoms with Gasteiger partial charge < -0.3 is 30.3 Å². The van der Waals surface area contributed by atoms with E-state index in [2.05, 4.69) is 49.1 Å². The third-order valence-corrected chi connectivity index (χ3v) is 8.57. The number of hydrazine groups is 2. The fraction of sp³-hybridized carbons (Fsp3) is 0.375. The molecular weight excluding hydrogens is 583 g/mol. The fourth-order valence-corrected chi connectivity index (χ4v) is 5.71. The van der Waals surface area contributed by atoms with Gasteiger partial charge in [-0.3, -0.25) is 14.8 Å². The zero-order valence-electron chi connectivity index (χ0n) is 25.7. The maximum atomic E-state index is 13.8. The normalized spacial score (nSPS) is 18.2. The smallest absolute Gasteiger partial charge is 0.369 e. The van der Waals surface area contributed by atoms with E-state index in [1.807, 2.05) is 37.3 Å². The van der Waals surface area contributed by atoms with Crippen LogP contribution in [-0.2, 0) is 6.18 Å². The quantitative estimate of drug-likeness (QED) is 0.379. The summed E-state index contributed by atoms with van der Waals surface area (Å²) < 4.78 is 41.5. The van der Waals surface area contributed by atoms with Crippen LogP contribution in [0.1, 0.15) is 27.0 Å². The molecule has 3 aliphatic heterocycles. The molecule has 3 aromatic rings. The van der Waals surface area contributed by atoms with Crippen LogP contribution in [-0.4, -0.2) is 87.1 Å². The van der Waals surface area contributed by atoms with Gasteiger partial charge in [-0.1, -0.05) is 6.07 Å². The van der Waals surface area contributed by atoms with Gasteiger partial charge in [0.1, 0.15) is 0 Å². The van der Waals surface area contributed by atoms with E-state index in [1.165, 1.54) is 0 Å². The molecule has 1 aromatic heterocycles. The lowest BCUT2D eigenvalue weighted by atomic mass is 10.1. The zero-order chi connectivity index (χ0) is 31.7. The number of piperazine rings is 2. The molecule has 3 N–H and O–H groups in total. The molecule has 0 atom stereocenters. The summed E-state index contributed by atoms with van der Waals surface area (Å²) in [6.45, 7) is 8.49. The molecule has 10 nitrogen and oxygen atoms in total. The van der Waals surface area contributed by atoms with Crippen LogP contribution in [0, 0.1) is 6.92 Å².